The molecule has 0 heterocycles. The summed E-state index contributed by atoms with van der Waals surface area (Å²) in [6.45, 7) is 15.9. The third kappa shape index (κ3) is 5.61. The fraction of sp³-hybridized carbons (Fsp3) is 0.833. The number of nitrogens with zero attached hydrogens (tertiary/aromatic N) is 1. The van der Waals surface area contributed by atoms with Crippen LogP contribution in [0.2, 0.25) is 19.1 Å². The van der Waals surface area contributed by atoms with Crippen LogP contribution in [0.1, 0.15) is 26.7 Å². The van der Waals surface area contributed by atoms with Gasteiger partial charge < -0.3 is 4.90 Å². The normalized spacial score (nSPS) is 12.1. The van der Waals surface area contributed by atoms with Gasteiger partial charge in [-0.05, 0) is 39.9 Å². The molecule has 1 nitrogen and oxygen atoms in total. The molecule has 0 aromatic carbocycles. The van der Waals surface area contributed by atoms with Gasteiger partial charge in [0, 0.05) is 0 Å². The quantitative estimate of drug-likeness (QED) is 0.585. The molecule has 0 atom stereocenters. The van der Waals surface area contributed by atoms with E-state index in [9.17, 15) is 0 Å². The van der Waals surface area contributed by atoms with E-state index >= 15 is 0 Å². The average Bonchev–Trinajstić information content (AvgIpc) is 2.04. The van der Waals surface area contributed by atoms with E-state index in [-0.39, 0.29) is 0 Å². The molecule has 0 aromatic rings. The zero-order chi connectivity index (χ0) is 11.2. The number of allylic oxidation sites excluding steroid dienone is 1. The maximum absolute atomic E-state index is 4.11. The van der Waals surface area contributed by atoms with Crippen LogP contribution in [0.3, 0.4) is 0 Å². The van der Waals surface area contributed by atoms with Crippen LogP contribution in [0.25, 0.3) is 0 Å². The van der Waals surface area contributed by atoms with Crippen molar-refractivity contribution >= 4 is 8.07 Å². The molecule has 0 aliphatic carbocycles. The van der Waals surface area contributed by atoms with E-state index in [2.05, 4.69) is 45.5 Å². The van der Waals surface area contributed by atoms with E-state index in [1.165, 1.54) is 37.2 Å². The van der Waals surface area contributed by atoms with Gasteiger partial charge in [-0.1, -0.05) is 31.3 Å². The molecule has 0 rings (SSSR count). The summed E-state index contributed by atoms with van der Waals surface area (Å²) in [6.07, 6.45) is 2.60. The average molecular weight is 213 g/mol. The molecule has 0 spiro atoms. The van der Waals surface area contributed by atoms with Gasteiger partial charge in [-0.25, -0.2) is 0 Å². The van der Waals surface area contributed by atoms with Crippen molar-refractivity contribution in [1.82, 2.24) is 4.90 Å². The van der Waals surface area contributed by atoms with E-state index in [1.807, 2.05) is 0 Å². The molecular formula is C12H27NSi. The lowest BCUT2D eigenvalue weighted by atomic mass is 10.4. The molecule has 0 aliphatic heterocycles. The maximum Gasteiger partial charge on any atom is 0.0743 e. The topological polar surface area (TPSA) is 3.24 Å². The molecule has 14 heavy (non-hydrogen) atoms. The number of rotatable bonds is 7. The highest BCUT2D eigenvalue weighted by molar-refractivity contribution is 6.84. The molecule has 0 saturated heterocycles. The first-order valence-electron chi connectivity index (χ1n) is 5.74. The molecule has 84 valence electrons. The lowest BCUT2D eigenvalue weighted by Gasteiger charge is -2.24. The fourth-order valence-corrected chi connectivity index (χ4v) is 2.97. The van der Waals surface area contributed by atoms with Crippen molar-refractivity contribution in [3.63, 3.8) is 0 Å². The summed E-state index contributed by atoms with van der Waals surface area (Å²) in [7, 11) is 1.13. The standard InChI is InChI=1S/C12H27NSi/c1-7-9-13(4)10-8-11-14(5,6)12(2)3/h2,7-11H2,1,3-6H3. The van der Waals surface area contributed by atoms with E-state index in [0.29, 0.717) is 0 Å². The van der Waals surface area contributed by atoms with Crippen LogP contribution in [0.15, 0.2) is 11.8 Å². The Morgan fingerprint density at radius 1 is 1.29 bits per heavy atom. The van der Waals surface area contributed by atoms with Crippen molar-refractivity contribution in [2.24, 2.45) is 0 Å². The van der Waals surface area contributed by atoms with Crippen molar-refractivity contribution < 1.29 is 0 Å². The summed E-state index contributed by atoms with van der Waals surface area (Å²) in [4.78, 5) is 2.43. The van der Waals surface area contributed by atoms with Crippen LogP contribution in [0.4, 0.5) is 0 Å². The molecule has 0 unspecified atom stereocenters. The van der Waals surface area contributed by atoms with Gasteiger partial charge >= 0.3 is 0 Å². The van der Waals surface area contributed by atoms with Crippen molar-refractivity contribution in [3.05, 3.63) is 11.8 Å². The molecule has 0 radical (unpaired) electrons. The third-order valence-electron chi connectivity index (χ3n) is 3.10. The Morgan fingerprint density at radius 3 is 2.29 bits per heavy atom. The first-order valence-corrected chi connectivity index (χ1v) is 8.95. The largest absolute Gasteiger partial charge is 0.306 e. The van der Waals surface area contributed by atoms with Crippen molar-refractivity contribution in [2.45, 2.75) is 45.8 Å². The molecule has 0 aliphatic rings. The van der Waals surface area contributed by atoms with E-state index < -0.39 is 8.07 Å². The summed E-state index contributed by atoms with van der Waals surface area (Å²) in [5, 5.41) is 1.44. The Labute approximate surface area is 91.2 Å². The highest BCUT2D eigenvalue weighted by atomic mass is 28.3. The molecule has 0 fully saturated rings. The van der Waals surface area contributed by atoms with Gasteiger partial charge in [0.05, 0.1) is 8.07 Å². The lowest BCUT2D eigenvalue weighted by molar-refractivity contribution is 0.335. The van der Waals surface area contributed by atoms with Crippen LogP contribution in [0.5, 0.6) is 0 Å². The van der Waals surface area contributed by atoms with Crippen LogP contribution >= 0.6 is 0 Å². The second kappa shape index (κ2) is 6.41. The van der Waals surface area contributed by atoms with Crippen molar-refractivity contribution in [1.29, 1.82) is 0 Å². The second-order valence-corrected chi connectivity index (χ2v) is 10.2. The van der Waals surface area contributed by atoms with Gasteiger partial charge in [0.2, 0.25) is 0 Å². The summed E-state index contributed by atoms with van der Waals surface area (Å²) < 4.78 is 0. The van der Waals surface area contributed by atoms with Crippen LogP contribution in [-0.4, -0.2) is 33.1 Å². The molecule has 0 N–H and O–H groups in total. The predicted octanol–water partition coefficient (Wildman–Crippen LogP) is 3.54. The molecule has 0 amide bonds. The Morgan fingerprint density at radius 2 is 1.86 bits per heavy atom. The Bertz CT molecular complexity index is 175. The summed E-state index contributed by atoms with van der Waals surface area (Å²) in [5.74, 6) is 0. The second-order valence-electron chi connectivity index (χ2n) is 5.07. The van der Waals surface area contributed by atoms with Gasteiger partial charge in [-0.2, -0.15) is 0 Å². The van der Waals surface area contributed by atoms with Gasteiger partial charge in [0.15, 0.2) is 0 Å². The Hall–Kier alpha value is -0.0831. The minimum absolute atomic E-state index is 1.09. The summed E-state index contributed by atoms with van der Waals surface area (Å²) in [6, 6.07) is 1.39. The van der Waals surface area contributed by atoms with Crippen LogP contribution in [0, 0.1) is 0 Å². The first-order chi connectivity index (χ1) is 6.40. The van der Waals surface area contributed by atoms with Crippen LogP contribution < -0.4 is 0 Å². The zero-order valence-corrected chi connectivity index (χ0v) is 11.7. The monoisotopic (exact) mass is 213 g/mol. The van der Waals surface area contributed by atoms with Crippen LogP contribution in [-0.2, 0) is 0 Å². The molecule has 0 saturated carbocycles. The lowest BCUT2D eigenvalue weighted by Crippen LogP contribution is -2.29. The van der Waals surface area contributed by atoms with Gasteiger partial charge in [-0.15, -0.1) is 6.58 Å². The highest BCUT2D eigenvalue weighted by Gasteiger charge is 2.20. The Kier molecular flexibility index (Phi) is 6.37. The molecular weight excluding hydrogens is 186 g/mol. The number of hydrogen-bond acceptors (Lipinski definition) is 1. The Balaban J connectivity index is 3.68. The third-order valence-corrected chi connectivity index (χ3v) is 7.02. The molecule has 0 aromatic heterocycles. The predicted molar refractivity (Wildman–Crippen MR) is 69.5 cm³/mol. The SMILES string of the molecule is C=C(C)[Si](C)(C)CCCN(C)CCC. The van der Waals surface area contributed by atoms with Crippen molar-refractivity contribution in [3.8, 4) is 0 Å². The summed E-state index contributed by atoms with van der Waals surface area (Å²) in [5.41, 5.74) is 0. The number of hydrogen-bond donors (Lipinski definition) is 0. The highest BCUT2D eigenvalue weighted by Crippen LogP contribution is 2.19. The van der Waals surface area contributed by atoms with Crippen molar-refractivity contribution in [2.75, 3.05) is 20.1 Å². The first kappa shape index (κ1) is 13.9. The fourth-order valence-electron chi connectivity index (χ4n) is 1.50. The van der Waals surface area contributed by atoms with E-state index in [1.54, 1.807) is 0 Å². The smallest absolute Gasteiger partial charge is 0.0743 e. The summed E-state index contributed by atoms with van der Waals surface area (Å²) >= 11 is 0. The maximum atomic E-state index is 4.11. The molecule has 0 bridgehead atoms. The minimum atomic E-state index is -1.09. The van der Waals surface area contributed by atoms with E-state index in [4.69, 9.17) is 0 Å². The zero-order valence-electron chi connectivity index (χ0n) is 10.7. The van der Waals surface area contributed by atoms with E-state index in [0.717, 1.165) is 0 Å². The van der Waals surface area contributed by atoms with Gasteiger partial charge in [0.1, 0.15) is 0 Å². The molecule has 2 heteroatoms. The minimum Gasteiger partial charge on any atom is -0.306 e. The van der Waals surface area contributed by atoms with Gasteiger partial charge in [0.25, 0.3) is 0 Å². The van der Waals surface area contributed by atoms with Gasteiger partial charge in [-0.3, -0.25) is 0 Å².